The third-order valence-electron chi connectivity index (χ3n) is 4.29. The van der Waals surface area contributed by atoms with Crippen LogP contribution in [-0.4, -0.2) is 30.4 Å². The molecule has 0 spiro atoms. The highest BCUT2D eigenvalue weighted by atomic mass is 19.1. The predicted octanol–water partition coefficient (Wildman–Crippen LogP) is 3.52. The van der Waals surface area contributed by atoms with Crippen molar-refractivity contribution < 1.29 is 13.6 Å². The maximum atomic E-state index is 13.5. The third-order valence-corrected chi connectivity index (χ3v) is 4.29. The quantitative estimate of drug-likeness (QED) is 0.747. The average Bonchev–Trinajstić information content (AvgIpc) is 2.95. The van der Waals surface area contributed by atoms with Crippen molar-refractivity contribution in [2.24, 2.45) is 5.73 Å². The number of hydrogen-bond acceptors (Lipinski definition) is 3. The fraction of sp³-hybridized carbons (Fsp3) is 0.250. The molecule has 4 nitrogen and oxygen atoms in total. The fourth-order valence-corrected chi connectivity index (χ4v) is 2.92. The highest BCUT2D eigenvalue weighted by molar-refractivity contribution is 5.98. The van der Waals surface area contributed by atoms with Gasteiger partial charge in [0.1, 0.15) is 11.4 Å². The summed E-state index contributed by atoms with van der Waals surface area (Å²) in [7, 11) is 0. The summed E-state index contributed by atoms with van der Waals surface area (Å²) < 4.78 is 19.2. The number of nitrogens with two attached hydrogens (primary N) is 1. The van der Waals surface area contributed by atoms with Crippen LogP contribution in [0.15, 0.2) is 52.9 Å². The largest absolute Gasteiger partial charge is 0.451 e. The second kappa shape index (κ2) is 7.49. The molecule has 0 atom stereocenters. The summed E-state index contributed by atoms with van der Waals surface area (Å²) in [5, 5.41) is 0.624. The first-order valence-electron chi connectivity index (χ1n) is 8.32. The number of fused-ring (bicyclic) bond motifs is 1. The van der Waals surface area contributed by atoms with Crippen LogP contribution in [0.4, 0.5) is 4.39 Å². The molecule has 1 amide bonds. The molecule has 25 heavy (non-hydrogen) atoms. The lowest BCUT2D eigenvalue weighted by Gasteiger charge is -2.21. The van der Waals surface area contributed by atoms with Crippen LogP contribution in [0.25, 0.3) is 11.0 Å². The number of rotatable bonds is 6. The summed E-state index contributed by atoms with van der Waals surface area (Å²) in [5.41, 5.74) is 7.99. The first-order valence-corrected chi connectivity index (χ1v) is 8.32. The van der Waals surface area contributed by atoms with E-state index in [0.717, 1.165) is 12.0 Å². The topological polar surface area (TPSA) is 59.5 Å². The van der Waals surface area contributed by atoms with E-state index in [1.54, 1.807) is 17.9 Å². The van der Waals surface area contributed by atoms with Crippen LogP contribution in [0.5, 0.6) is 0 Å². The highest BCUT2D eigenvalue weighted by Crippen LogP contribution is 2.27. The molecule has 5 heteroatoms. The molecule has 3 rings (SSSR count). The first kappa shape index (κ1) is 17.2. The summed E-state index contributed by atoms with van der Waals surface area (Å²) in [5.74, 6) is -0.309. The van der Waals surface area contributed by atoms with Crippen LogP contribution in [-0.2, 0) is 6.42 Å². The lowest BCUT2D eigenvalue weighted by molar-refractivity contribution is 0.0731. The zero-order chi connectivity index (χ0) is 17.8. The number of hydrogen-bond donors (Lipinski definition) is 1. The van der Waals surface area contributed by atoms with Crippen molar-refractivity contribution in [3.63, 3.8) is 0 Å². The van der Waals surface area contributed by atoms with E-state index in [0.29, 0.717) is 36.2 Å². The van der Waals surface area contributed by atoms with E-state index in [2.05, 4.69) is 0 Å². The third kappa shape index (κ3) is 3.72. The van der Waals surface area contributed by atoms with Gasteiger partial charge in [-0.25, -0.2) is 4.39 Å². The Morgan fingerprint density at radius 3 is 2.64 bits per heavy atom. The molecular weight excluding hydrogens is 319 g/mol. The lowest BCUT2D eigenvalue weighted by Crippen LogP contribution is -2.37. The standard InChI is InChI=1S/C20H21FN2O2/c1-14-17-13-16(21)7-8-18(17)25-19(14)20(24)23(12-10-22)11-9-15-5-3-2-4-6-15/h2-8,13H,9-12,22H2,1H3. The number of carbonyl (C=O) groups excluding carboxylic acids is 1. The molecule has 0 fully saturated rings. The number of benzene rings is 2. The molecule has 0 radical (unpaired) electrons. The molecule has 0 aliphatic rings. The van der Waals surface area contributed by atoms with E-state index < -0.39 is 0 Å². The van der Waals surface area contributed by atoms with Gasteiger partial charge in [-0.1, -0.05) is 30.3 Å². The Balaban J connectivity index is 1.84. The van der Waals surface area contributed by atoms with Crippen molar-refractivity contribution in [3.8, 4) is 0 Å². The van der Waals surface area contributed by atoms with Crippen molar-refractivity contribution in [3.05, 3.63) is 71.2 Å². The van der Waals surface area contributed by atoms with Gasteiger partial charge < -0.3 is 15.1 Å². The SMILES string of the molecule is Cc1c(C(=O)N(CCN)CCc2ccccc2)oc2ccc(F)cc12. The molecule has 0 bridgehead atoms. The van der Waals surface area contributed by atoms with Gasteiger partial charge in [-0.3, -0.25) is 4.79 Å². The Hall–Kier alpha value is -2.66. The summed E-state index contributed by atoms with van der Waals surface area (Å²) in [6.45, 7) is 3.13. The van der Waals surface area contributed by atoms with Crippen LogP contribution in [0, 0.1) is 12.7 Å². The molecule has 0 saturated carbocycles. The van der Waals surface area contributed by atoms with Gasteiger partial charge in [0.15, 0.2) is 5.76 Å². The molecule has 1 heterocycles. The lowest BCUT2D eigenvalue weighted by atomic mass is 10.1. The smallest absolute Gasteiger partial charge is 0.289 e. The summed E-state index contributed by atoms with van der Waals surface area (Å²) in [4.78, 5) is 14.6. The number of aryl methyl sites for hydroxylation is 1. The fourth-order valence-electron chi connectivity index (χ4n) is 2.92. The van der Waals surface area contributed by atoms with Crippen molar-refractivity contribution in [2.75, 3.05) is 19.6 Å². The van der Waals surface area contributed by atoms with Gasteiger partial charge >= 0.3 is 0 Å². The summed E-state index contributed by atoms with van der Waals surface area (Å²) in [6.07, 6.45) is 0.737. The molecule has 0 aliphatic heterocycles. The Bertz CT molecular complexity index is 874. The molecule has 2 aromatic carbocycles. The maximum absolute atomic E-state index is 13.5. The molecule has 0 aliphatic carbocycles. The Morgan fingerprint density at radius 2 is 1.92 bits per heavy atom. The zero-order valence-corrected chi connectivity index (χ0v) is 14.2. The van der Waals surface area contributed by atoms with Gasteiger partial charge in [0.25, 0.3) is 5.91 Å². The molecule has 0 unspecified atom stereocenters. The van der Waals surface area contributed by atoms with Crippen LogP contribution >= 0.6 is 0 Å². The van der Waals surface area contributed by atoms with Crippen LogP contribution in [0.2, 0.25) is 0 Å². The van der Waals surface area contributed by atoms with E-state index in [1.165, 1.54) is 12.1 Å². The molecule has 3 aromatic rings. The minimum Gasteiger partial charge on any atom is -0.451 e. The van der Waals surface area contributed by atoms with Crippen LogP contribution < -0.4 is 5.73 Å². The van der Waals surface area contributed by atoms with Gasteiger partial charge in [-0.15, -0.1) is 0 Å². The van der Waals surface area contributed by atoms with Gasteiger partial charge in [-0.2, -0.15) is 0 Å². The second-order valence-electron chi connectivity index (χ2n) is 6.01. The summed E-state index contributed by atoms with van der Waals surface area (Å²) in [6, 6.07) is 14.2. The Kier molecular flexibility index (Phi) is 5.14. The van der Waals surface area contributed by atoms with Crippen molar-refractivity contribution in [1.82, 2.24) is 4.90 Å². The molecule has 0 saturated heterocycles. The van der Waals surface area contributed by atoms with Crippen molar-refractivity contribution in [1.29, 1.82) is 0 Å². The van der Waals surface area contributed by atoms with Crippen LogP contribution in [0.3, 0.4) is 0 Å². The van der Waals surface area contributed by atoms with Gasteiger partial charge in [0, 0.05) is 30.6 Å². The van der Waals surface area contributed by atoms with Gasteiger partial charge in [-0.05, 0) is 37.1 Å². The van der Waals surface area contributed by atoms with Gasteiger partial charge in [0.05, 0.1) is 0 Å². The Labute approximate surface area is 146 Å². The monoisotopic (exact) mass is 340 g/mol. The Morgan fingerprint density at radius 1 is 1.16 bits per heavy atom. The van der Waals surface area contributed by atoms with Crippen LogP contribution in [0.1, 0.15) is 21.7 Å². The number of furan rings is 1. The van der Waals surface area contributed by atoms with E-state index in [9.17, 15) is 9.18 Å². The minimum absolute atomic E-state index is 0.213. The normalized spacial score (nSPS) is 11.0. The first-order chi connectivity index (χ1) is 12.1. The van der Waals surface area contributed by atoms with Crippen molar-refractivity contribution >= 4 is 16.9 Å². The number of carbonyl (C=O) groups is 1. The van der Waals surface area contributed by atoms with E-state index in [1.807, 2.05) is 30.3 Å². The molecule has 130 valence electrons. The molecule has 1 aromatic heterocycles. The maximum Gasteiger partial charge on any atom is 0.289 e. The van der Waals surface area contributed by atoms with Gasteiger partial charge in [0.2, 0.25) is 0 Å². The number of halogens is 1. The predicted molar refractivity (Wildman–Crippen MR) is 96.0 cm³/mol. The summed E-state index contributed by atoms with van der Waals surface area (Å²) >= 11 is 0. The molecular formula is C20H21FN2O2. The van der Waals surface area contributed by atoms with Crippen molar-refractivity contribution in [2.45, 2.75) is 13.3 Å². The zero-order valence-electron chi connectivity index (χ0n) is 14.2. The minimum atomic E-state index is -0.349. The van der Waals surface area contributed by atoms with E-state index in [-0.39, 0.29) is 17.5 Å². The van der Waals surface area contributed by atoms with E-state index in [4.69, 9.17) is 10.2 Å². The number of nitrogens with zero attached hydrogens (tertiary/aromatic N) is 1. The highest BCUT2D eigenvalue weighted by Gasteiger charge is 2.23. The second-order valence-corrected chi connectivity index (χ2v) is 6.01. The average molecular weight is 340 g/mol. The molecule has 2 N–H and O–H groups in total. The van der Waals surface area contributed by atoms with E-state index >= 15 is 0 Å². The number of amides is 1.